The Morgan fingerprint density at radius 2 is 1.78 bits per heavy atom. The molecule has 12 heteroatoms. The molecule has 0 fully saturated rings. The van der Waals surface area contributed by atoms with Crippen molar-refractivity contribution in [3.05, 3.63) is 70.3 Å². The lowest BCUT2D eigenvalue weighted by molar-refractivity contribution is -0.492. The minimum Gasteiger partial charge on any atom is -0.463 e. The lowest BCUT2D eigenvalue weighted by Crippen LogP contribution is -2.41. The first kappa shape index (κ1) is 24.7. The Labute approximate surface area is 182 Å². The summed E-state index contributed by atoms with van der Waals surface area (Å²) in [5.41, 5.74) is 0.756. The molecule has 0 aliphatic heterocycles. The van der Waals surface area contributed by atoms with Crippen LogP contribution in [0.4, 0.5) is 10.5 Å². The summed E-state index contributed by atoms with van der Waals surface area (Å²) in [5.74, 6) is -0.440. The summed E-state index contributed by atoms with van der Waals surface area (Å²) in [4.78, 5) is 38.7. The summed E-state index contributed by atoms with van der Waals surface area (Å²) in [5, 5.41) is 29.7. The molecule has 0 aliphatic rings. The molecular weight excluding hydrogens is 426 g/mol. The van der Waals surface area contributed by atoms with Crippen LogP contribution >= 0.6 is 0 Å². The van der Waals surface area contributed by atoms with Gasteiger partial charge in [-0.1, -0.05) is 30.3 Å². The maximum atomic E-state index is 12.3. The summed E-state index contributed by atoms with van der Waals surface area (Å²) in [6, 6.07) is 13.6. The number of carbonyl (C=O) groups is 2. The largest absolute Gasteiger partial charge is 0.463 e. The Morgan fingerprint density at radius 3 is 2.41 bits per heavy atom. The van der Waals surface area contributed by atoms with E-state index in [-0.39, 0.29) is 37.5 Å². The Morgan fingerprint density at radius 1 is 1.09 bits per heavy atom. The third kappa shape index (κ3) is 9.49. The van der Waals surface area contributed by atoms with Gasteiger partial charge in [0.05, 0.1) is 23.0 Å². The van der Waals surface area contributed by atoms with Gasteiger partial charge in [-0.05, 0) is 30.5 Å². The average Bonchev–Trinajstić information content (AvgIpc) is 2.76. The fraction of sp³-hybridized carbons (Fsp3) is 0.300. The zero-order valence-electron chi connectivity index (χ0n) is 17.0. The summed E-state index contributed by atoms with van der Waals surface area (Å²) in [6.07, 6.45) is -0.291. The number of non-ortho nitro benzene ring substituents is 1. The predicted molar refractivity (Wildman–Crippen MR) is 108 cm³/mol. The molecule has 1 atom stereocenters. The Balaban J connectivity index is 1.90. The highest BCUT2D eigenvalue weighted by Gasteiger charge is 2.17. The van der Waals surface area contributed by atoms with Crippen LogP contribution in [0.5, 0.6) is 5.75 Å². The van der Waals surface area contributed by atoms with Gasteiger partial charge in [-0.2, -0.15) is 0 Å². The standard InChI is InChI=1S/C20H23N3O9/c24-19(7-4-12-31-23(28)29)30-14-16(13-15-5-2-1-3-6-15)21-20(25)32-18-10-8-17(9-11-18)22(26)27/h1-3,5-6,8-11,16,28-29H,4,7,12-14H2,(H,21,25)/t16-/m0/s1. The van der Waals surface area contributed by atoms with E-state index in [1.807, 2.05) is 30.3 Å². The fourth-order valence-electron chi connectivity index (χ4n) is 2.62. The van der Waals surface area contributed by atoms with Crippen LogP contribution in [-0.2, 0) is 20.8 Å². The third-order valence-corrected chi connectivity index (χ3v) is 4.08. The van der Waals surface area contributed by atoms with E-state index in [0.29, 0.717) is 6.42 Å². The lowest BCUT2D eigenvalue weighted by atomic mass is 10.1. The van der Waals surface area contributed by atoms with Crippen LogP contribution in [0.25, 0.3) is 0 Å². The van der Waals surface area contributed by atoms with Gasteiger partial charge in [0.1, 0.15) is 12.4 Å². The molecule has 32 heavy (non-hydrogen) atoms. The molecule has 172 valence electrons. The molecule has 2 aromatic rings. The van der Waals surface area contributed by atoms with Crippen molar-refractivity contribution >= 4 is 17.7 Å². The molecule has 0 saturated carbocycles. The number of amides is 1. The Kier molecular flexibility index (Phi) is 10.0. The van der Waals surface area contributed by atoms with Crippen molar-refractivity contribution in [3.8, 4) is 5.75 Å². The van der Waals surface area contributed by atoms with Crippen LogP contribution in [0.2, 0.25) is 0 Å². The van der Waals surface area contributed by atoms with E-state index in [0.717, 1.165) is 5.56 Å². The Bertz CT molecular complexity index is 876. The number of benzene rings is 2. The number of rotatable bonds is 12. The topological polar surface area (TPSA) is 161 Å². The van der Waals surface area contributed by atoms with Crippen molar-refractivity contribution in [2.75, 3.05) is 13.2 Å². The molecule has 2 rings (SSSR count). The molecule has 0 saturated heterocycles. The lowest BCUT2D eigenvalue weighted by Gasteiger charge is -2.19. The van der Waals surface area contributed by atoms with Crippen LogP contribution in [0.15, 0.2) is 54.6 Å². The molecule has 0 bridgehead atoms. The molecule has 1 amide bonds. The van der Waals surface area contributed by atoms with E-state index >= 15 is 0 Å². The van der Waals surface area contributed by atoms with Crippen LogP contribution in [-0.4, -0.2) is 52.0 Å². The molecule has 0 aliphatic carbocycles. The van der Waals surface area contributed by atoms with Gasteiger partial charge in [-0.3, -0.25) is 30.2 Å². The molecule has 12 nitrogen and oxygen atoms in total. The smallest absolute Gasteiger partial charge is 0.412 e. The number of nitrogens with zero attached hydrogens (tertiary/aromatic N) is 2. The van der Waals surface area contributed by atoms with Crippen molar-refractivity contribution in [3.63, 3.8) is 0 Å². The zero-order chi connectivity index (χ0) is 23.3. The van der Waals surface area contributed by atoms with E-state index in [4.69, 9.17) is 19.9 Å². The highest BCUT2D eigenvalue weighted by atomic mass is 17.1. The van der Waals surface area contributed by atoms with Crippen molar-refractivity contribution in [1.82, 2.24) is 10.7 Å². The number of esters is 1. The number of hydrogen-bond acceptors (Lipinski definition) is 10. The first-order valence-corrected chi connectivity index (χ1v) is 9.56. The number of nitro benzene ring substituents is 1. The van der Waals surface area contributed by atoms with Crippen LogP contribution in [0.3, 0.4) is 0 Å². The Hall–Kier alpha value is -3.58. The van der Waals surface area contributed by atoms with E-state index in [2.05, 4.69) is 10.2 Å². The van der Waals surface area contributed by atoms with E-state index in [1.54, 1.807) is 0 Å². The molecule has 0 spiro atoms. The van der Waals surface area contributed by atoms with Crippen molar-refractivity contribution < 1.29 is 39.2 Å². The summed E-state index contributed by atoms with van der Waals surface area (Å²) in [6.45, 7) is -0.231. The van der Waals surface area contributed by atoms with Gasteiger partial charge in [0.2, 0.25) is 0 Å². The highest BCUT2D eigenvalue weighted by Crippen LogP contribution is 2.17. The third-order valence-electron chi connectivity index (χ3n) is 4.08. The number of ether oxygens (including phenoxy) is 2. The minimum absolute atomic E-state index is 0.0286. The number of hydrogen-bond donors (Lipinski definition) is 3. The maximum absolute atomic E-state index is 12.3. The SMILES string of the molecule is O=C(CCCON(O)O)OC[C@H](Cc1ccccc1)NC(=O)Oc1ccc([N+](=O)[O-])cc1. The highest BCUT2D eigenvalue weighted by molar-refractivity contribution is 5.71. The first-order valence-electron chi connectivity index (χ1n) is 9.56. The number of carbonyl (C=O) groups excluding carboxylic acids is 2. The van der Waals surface area contributed by atoms with Crippen LogP contribution in [0, 0.1) is 10.1 Å². The maximum Gasteiger partial charge on any atom is 0.412 e. The first-order chi connectivity index (χ1) is 15.3. The van der Waals surface area contributed by atoms with E-state index in [1.165, 1.54) is 24.3 Å². The number of nitrogens with one attached hydrogen (secondary N) is 1. The van der Waals surface area contributed by atoms with Gasteiger partial charge in [-0.25, -0.2) is 4.79 Å². The van der Waals surface area contributed by atoms with Gasteiger partial charge in [0, 0.05) is 18.6 Å². The summed E-state index contributed by atoms with van der Waals surface area (Å²) < 4.78 is 10.3. The second-order valence-corrected chi connectivity index (χ2v) is 6.54. The molecule has 0 radical (unpaired) electrons. The zero-order valence-corrected chi connectivity index (χ0v) is 17.0. The summed E-state index contributed by atoms with van der Waals surface area (Å²) >= 11 is 0. The van der Waals surface area contributed by atoms with Gasteiger partial charge in [-0.15, -0.1) is 0 Å². The molecule has 2 aromatic carbocycles. The van der Waals surface area contributed by atoms with Gasteiger partial charge in [0.15, 0.2) is 0 Å². The molecule has 3 N–H and O–H groups in total. The predicted octanol–water partition coefficient (Wildman–Crippen LogP) is 2.63. The fourth-order valence-corrected chi connectivity index (χ4v) is 2.62. The molecule has 0 unspecified atom stereocenters. The van der Waals surface area contributed by atoms with E-state index < -0.39 is 28.4 Å². The van der Waals surface area contributed by atoms with Crippen LogP contribution < -0.4 is 10.1 Å². The van der Waals surface area contributed by atoms with Gasteiger partial charge < -0.3 is 14.8 Å². The molecule has 0 aromatic heterocycles. The number of nitro groups is 1. The monoisotopic (exact) mass is 449 g/mol. The minimum atomic E-state index is -0.810. The van der Waals surface area contributed by atoms with Gasteiger partial charge >= 0.3 is 12.1 Å². The van der Waals surface area contributed by atoms with Gasteiger partial charge in [0.25, 0.3) is 5.69 Å². The average molecular weight is 449 g/mol. The molecular formula is C20H23N3O9. The molecule has 0 heterocycles. The second kappa shape index (κ2) is 13.0. The van der Waals surface area contributed by atoms with Crippen molar-refractivity contribution in [1.29, 1.82) is 0 Å². The summed E-state index contributed by atoms with van der Waals surface area (Å²) in [7, 11) is 0. The van der Waals surface area contributed by atoms with Crippen molar-refractivity contribution in [2.24, 2.45) is 0 Å². The van der Waals surface area contributed by atoms with Crippen LogP contribution in [0.1, 0.15) is 18.4 Å². The van der Waals surface area contributed by atoms with E-state index in [9.17, 15) is 19.7 Å². The second-order valence-electron chi connectivity index (χ2n) is 6.54. The quantitative estimate of drug-likeness (QED) is 0.190. The normalized spacial score (nSPS) is 11.6. The van der Waals surface area contributed by atoms with Crippen molar-refractivity contribution in [2.45, 2.75) is 25.3 Å².